The van der Waals surface area contributed by atoms with Gasteiger partial charge in [-0.15, -0.1) is 0 Å². The zero-order valence-corrected chi connectivity index (χ0v) is 12.8. The Morgan fingerprint density at radius 3 is 2.00 bits per heavy atom. The predicted octanol–water partition coefficient (Wildman–Crippen LogP) is 3.34. The summed E-state index contributed by atoms with van der Waals surface area (Å²) in [4.78, 5) is -0.950. The van der Waals surface area contributed by atoms with Crippen molar-refractivity contribution in [1.82, 2.24) is 0 Å². The van der Waals surface area contributed by atoms with E-state index in [0.717, 1.165) is 12.1 Å². The smallest absolute Gasteiger partial charge is 0.432 e. The van der Waals surface area contributed by atoms with E-state index in [2.05, 4.69) is 15.5 Å². The van der Waals surface area contributed by atoms with Crippen LogP contribution >= 0.6 is 0 Å². The molecule has 0 spiro atoms. The van der Waals surface area contributed by atoms with Crippen LogP contribution in [0.4, 0.5) is 26.3 Å². The Balaban J connectivity index is 3.36. The molecule has 0 amide bonds. The molecule has 0 aromatic heterocycles. The lowest BCUT2D eigenvalue weighted by Gasteiger charge is -2.12. The summed E-state index contributed by atoms with van der Waals surface area (Å²) in [7, 11) is -11.6. The number of nitrogens with zero attached hydrogens (tertiary/aromatic N) is 1. The number of halogens is 6. The molecule has 14 heteroatoms. The minimum atomic E-state index is -6.26. The Morgan fingerprint density at radius 1 is 1.12 bits per heavy atom. The zero-order chi connectivity index (χ0) is 18.8. The summed E-state index contributed by atoms with van der Waals surface area (Å²) < 4.78 is 118. The van der Waals surface area contributed by atoms with Gasteiger partial charge < -0.3 is 4.74 Å². The van der Waals surface area contributed by atoms with Gasteiger partial charge in [0, 0.05) is 0 Å². The van der Waals surface area contributed by atoms with Gasteiger partial charge in [-0.25, -0.2) is 8.39 Å². The molecule has 0 radical (unpaired) electrons. The molecule has 24 heavy (non-hydrogen) atoms. The van der Waals surface area contributed by atoms with Crippen LogP contribution in [0.2, 0.25) is 0 Å². The number of rotatable bonds is 6. The van der Waals surface area contributed by atoms with Crippen LogP contribution in [0.15, 0.2) is 45.5 Å². The molecule has 0 aliphatic carbocycles. The summed E-state index contributed by atoms with van der Waals surface area (Å²) in [6, 6.07) is 1.62. The van der Waals surface area contributed by atoms with Gasteiger partial charge in [-0.1, -0.05) is 3.77 Å². The highest BCUT2D eigenvalue weighted by Crippen LogP contribution is 2.31. The molecule has 0 N–H and O–H groups in total. The van der Waals surface area contributed by atoms with Gasteiger partial charge in [0.25, 0.3) is 26.0 Å². The van der Waals surface area contributed by atoms with Gasteiger partial charge in [-0.3, -0.25) is 0 Å². The SMILES string of the molecule is C=C(F)Oc1ccc(S(=O)(=O)N=S(=O)(OC(F)F)C(F)(F)F)cc1. The van der Waals surface area contributed by atoms with E-state index in [-0.39, 0.29) is 5.75 Å². The molecule has 0 fully saturated rings. The van der Waals surface area contributed by atoms with E-state index in [1.165, 1.54) is 0 Å². The lowest BCUT2D eigenvalue weighted by molar-refractivity contribution is -0.0854. The van der Waals surface area contributed by atoms with Gasteiger partial charge in [0.15, 0.2) is 0 Å². The second-order valence-electron chi connectivity index (χ2n) is 3.76. The van der Waals surface area contributed by atoms with E-state index < -0.39 is 43.1 Å². The molecule has 1 rings (SSSR count). The van der Waals surface area contributed by atoms with E-state index >= 15 is 0 Å². The van der Waals surface area contributed by atoms with Crippen LogP contribution < -0.4 is 4.74 Å². The van der Waals surface area contributed by atoms with E-state index in [1.807, 2.05) is 3.77 Å². The average Bonchev–Trinajstić information content (AvgIpc) is 2.35. The molecule has 1 atom stereocenters. The van der Waals surface area contributed by atoms with Gasteiger partial charge in [-0.2, -0.15) is 34.8 Å². The van der Waals surface area contributed by atoms with Crippen molar-refractivity contribution in [2.45, 2.75) is 17.0 Å². The molecule has 0 heterocycles. The molecule has 1 aromatic rings. The monoisotopic (exact) mass is 399 g/mol. The summed E-state index contributed by atoms with van der Waals surface area (Å²) in [6.45, 7) is -1.44. The van der Waals surface area contributed by atoms with Crippen LogP contribution in [0.3, 0.4) is 0 Å². The molecule has 1 unspecified atom stereocenters. The molecule has 136 valence electrons. The van der Waals surface area contributed by atoms with Crippen LogP contribution in [-0.2, 0) is 24.2 Å². The average molecular weight is 399 g/mol. The van der Waals surface area contributed by atoms with E-state index in [0.29, 0.717) is 12.1 Å². The molecule has 6 nitrogen and oxygen atoms in total. The Morgan fingerprint density at radius 2 is 1.62 bits per heavy atom. The summed E-state index contributed by atoms with van der Waals surface area (Å²) in [6.07, 6.45) is 0. The van der Waals surface area contributed by atoms with Gasteiger partial charge in [0.05, 0.1) is 4.90 Å². The molecule has 0 bridgehead atoms. The number of hydrogen-bond acceptors (Lipinski definition) is 5. The van der Waals surface area contributed by atoms with Crippen molar-refractivity contribution in [3.05, 3.63) is 36.9 Å². The summed E-state index contributed by atoms with van der Waals surface area (Å²) in [5.41, 5.74) is -5.99. The Bertz CT molecular complexity index is 824. The zero-order valence-electron chi connectivity index (χ0n) is 11.2. The maximum absolute atomic E-state index is 12.6. The quantitative estimate of drug-likeness (QED) is 0.541. The fourth-order valence-corrected chi connectivity index (χ4v) is 3.84. The van der Waals surface area contributed by atoms with Crippen LogP contribution in [0.25, 0.3) is 0 Å². The second kappa shape index (κ2) is 6.98. The first-order chi connectivity index (χ1) is 10.8. The standard InChI is InChI=1S/C10H7F6NO5S2/c1-6(11)21-7-2-4-8(5-3-7)23(18,19)17-24(20,10(14,15)16)22-9(12)13/h2-5,9H,1H2. The van der Waals surface area contributed by atoms with Crippen molar-refractivity contribution in [1.29, 1.82) is 0 Å². The number of hydrogen-bond donors (Lipinski definition) is 0. The topological polar surface area (TPSA) is 82.0 Å². The molecular weight excluding hydrogens is 392 g/mol. The minimum absolute atomic E-state index is 0.262. The third-order valence-corrected chi connectivity index (χ3v) is 5.47. The fraction of sp³-hybridized carbons (Fsp3) is 0.200. The van der Waals surface area contributed by atoms with Crippen LogP contribution in [0.1, 0.15) is 0 Å². The first-order valence-corrected chi connectivity index (χ1v) is 8.33. The molecule has 1 aromatic carbocycles. The van der Waals surface area contributed by atoms with Gasteiger partial charge in [0.1, 0.15) is 5.75 Å². The van der Waals surface area contributed by atoms with Gasteiger partial charge in [-0.05, 0) is 30.8 Å². The highest BCUT2D eigenvalue weighted by atomic mass is 32.3. The summed E-state index contributed by atoms with van der Waals surface area (Å²) in [5.74, 6) is -0.262. The highest BCUT2D eigenvalue weighted by Gasteiger charge is 2.48. The van der Waals surface area contributed by atoms with Crippen LogP contribution in [0.5, 0.6) is 5.75 Å². The maximum atomic E-state index is 12.6. The third kappa shape index (κ3) is 5.10. The Kier molecular flexibility index (Phi) is 5.89. The second-order valence-corrected chi connectivity index (χ2v) is 7.38. The summed E-state index contributed by atoms with van der Waals surface area (Å²) >= 11 is 0. The molecule has 0 aliphatic rings. The number of alkyl halides is 5. The minimum Gasteiger partial charge on any atom is -0.432 e. The highest BCUT2D eigenvalue weighted by molar-refractivity contribution is 8.01. The first kappa shape index (κ1) is 20.2. The van der Waals surface area contributed by atoms with E-state index in [1.54, 1.807) is 0 Å². The van der Waals surface area contributed by atoms with Crippen molar-refractivity contribution in [2.24, 2.45) is 3.77 Å². The largest absolute Gasteiger partial charge is 0.505 e. The molecular formula is C10H7F6NO5S2. The lowest BCUT2D eigenvalue weighted by atomic mass is 10.3. The number of sulfonamides is 1. The van der Waals surface area contributed by atoms with Crippen LogP contribution in [-0.4, -0.2) is 24.7 Å². The van der Waals surface area contributed by atoms with Crippen molar-refractivity contribution in [3.8, 4) is 5.75 Å². The predicted molar refractivity (Wildman–Crippen MR) is 68.2 cm³/mol. The lowest BCUT2D eigenvalue weighted by Crippen LogP contribution is -2.28. The molecule has 0 aliphatic heterocycles. The number of benzene rings is 1. The van der Waals surface area contributed by atoms with Crippen molar-refractivity contribution >= 4 is 20.0 Å². The fourth-order valence-electron chi connectivity index (χ4n) is 1.19. The molecule has 0 saturated carbocycles. The first-order valence-electron chi connectivity index (χ1n) is 5.45. The van der Waals surface area contributed by atoms with Gasteiger partial charge in [0.2, 0.25) is 0 Å². The van der Waals surface area contributed by atoms with E-state index in [9.17, 15) is 39.0 Å². The molecule has 0 saturated heterocycles. The number of ether oxygens (including phenoxy) is 1. The van der Waals surface area contributed by atoms with Gasteiger partial charge >= 0.3 is 12.1 Å². The van der Waals surface area contributed by atoms with Crippen LogP contribution in [0, 0.1) is 0 Å². The Hall–Kier alpha value is -1.80. The van der Waals surface area contributed by atoms with Crippen molar-refractivity contribution < 1.29 is 47.9 Å². The normalized spacial score (nSPS) is 15.0. The van der Waals surface area contributed by atoms with E-state index in [4.69, 9.17) is 0 Å². The van der Waals surface area contributed by atoms with Crippen molar-refractivity contribution in [2.75, 3.05) is 0 Å². The van der Waals surface area contributed by atoms with Crippen molar-refractivity contribution in [3.63, 3.8) is 0 Å². The third-order valence-electron chi connectivity index (χ3n) is 2.04. The Labute approximate surface area is 132 Å². The summed E-state index contributed by atoms with van der Waals surface area (Å²) in [5, 5.41) is 0. The maximum Gasteiger partial charge on any atom is 0.505 e.